The van der Waals surface area contributed by atoms with Crippen LogP contribution in [0.5, 0.6) is 5.75 Å². The van der Waals surface area contributed by atoms with Crippen LogP contribution in [0.25, 0.3) is 10.8 Å². The summed E-state index contributed by atoms with van der Waals surface area (Å²) in [5.41, 5.74) is -0.519. The second-order valence-electron chi connectivity index (χ2n) is 6.85. The van der Waals surface area contributed by atoms with Gasteiger partial charge >= 0.3 is 6.18 Å². The Morgan fingerprint density at radius 1 is 1.17 bits per heavy atom. The third-order valence-corrected chi connectivity index (χ3v) is 5.33. The molecule has 1 aliphatic carbocycles. The molecule has 0 amide bonds. The van der Waals surface area contributed by atoms with Gasteiger partial charge in [-0.3, -0.25) is 4.98 Å². The van der Waals surface area contributed by atoms with Gasteiger partial charge in [-0.05, 0) is 42.5 Å². The van der Waals surface area contributed by atoms with Gasteiger partial charge in [0.15, 0.2) is 0 Å². The highest BCUT2D eigenvalue weighted by atomic mass is 35.5. The topological polar surface area (TPSA) is 47.0 Å². The predicted octanol–water partition coefficient (Wildman–Crippen LogP) is 5.56. The van der Waals surface area contributed by atoms with E-state index in [4.69, 9.17) is 16.3 Å². The fourth-order valence-corrected chi connectivity index (χ4v) is 3.54. The summed E-state index contributed by atoms with van der Waals surface area (Å²) in [6.45, 7) is 0.268. The molecule has 0 unspecified atom stereocenters. The lowest BCUT2D eigenvalue weighted by Gasteiger charge is -2.37. The zero-order valence-electron chi connectivity index (χ0n) is 15.4. The second-order valence-corrected chi connectivity index (χ2v) is 7.21. The van der Waals surface area contributed by atoms with E-state index in [2.05, 4.69) is 15.3 Å². The normalized spacial score (nSPS) is 18.6. The van der Waals surface area contributed by atoms with E-state index in [1.807, 2.05) is 0 Å². The molecule has 1 aromatic carbocycles. The fraction of sp³-hybridized carbons (Fsp3) is 0.300. The van der Waals surface area contributed by atoms with E-state index in [-0.39, 0.29) is 42.7 Å². The summed E-state index contributed by atoms with van der Waals surface area (Å²) in [6.07, 6.45) is 0.936. The molecule has 4 nitrogen and oxygen atoms in total. The Morgan fingerprint density at radius 3 is 2.67 bits per heavy atom. The SMILES string of the molecule is Cl.Fc1ccc2cnccc2c1CN[C@@H]1CC[C@H]1Oc1cnc(Cl)c(C(F)(F)F)c1. The molecule has 0 spiro atoms. The van der Waals surface area contributed by atoms with Crippen LogP contribution in [-0.4, -0.2) is 22.1 Å². The monoisotopic (exact) mass is 461 g/mol. The zero-order valence-corrected chi connectivity index (χ0v) is 17.0. The summed E-state index contributed by atoms with van der Waals surface area (Å²) in [4.78, 5) is 7.60. The van der Waals surface area contributed by atoms with Crippen molar-refractivity contribution in [2.75, 3.05) is 0 Å². The van der Waals surface area contributed by atoms with E-state index in [1.54, 1.807) is 24.5 Å². The van der Waals surface area contributed by atoms with Gasteiger partial charge in [0.1, 0.15) is 22.8 Å². The molecule has 2 atom stereocenters. The number of nitrogens with zero attached hydrogens (tertiary/aromatic N) is 2. The molecule has 3 aromatic rings. The number of halogens is 6. The van der Waals surface area contributed by atoms with E-state index >= 15 is 0 Å². The molecule has 0 aliphatic heterocycles. The van der Waals surface area contributed by atoms with Gasteiger partial charge in [0.25, 0.3) is 0 Å². The van der Waals surface area contributed by atoms with Gasteiger partial charge in [0.05, 0.1) is 11.8 Å². The number of nitrogens with one attached hydrogen (secondary N) is 1. The van der Waals surface area contributed by atoms with E-state index < -0.39 is 16.9 Å². The summed E-state index contributed by atoms with van der Waals surface area (Å²) in [6, 6.07) is 5.55. The van der Waals surface area contributed by atoms with Crippen molar-refractivity contribution in [1.82, 2.24) is 15.3 Å². The minimum Gasteiger partial charge on any atom is -0.487 e. The summed E-state index contributed by atoms with van der Waals surface area (Å²) < 4.78 is 58.9. The van der Waals surface area contributed by atoms with Crippen LogP contribution in [0.1, 0.15) is 24.0 Å². The van der Waals surface area contributed by atoms with Crippen LogP contribution in [0, 0.1) is 5.82 Å². The van der Waals surface area contributed by atoms with Crippen molar-refractivity contribution in [3.05, 3.63) is 65.0 Å². The lowest BCUT2D eigenvalue weighted by Crippen LogP contribution is -2.50. The summed E-state index contributed by atoms with van der Waals surface area (Å²) in [5, 5.41) is 4.22. The number of alkyl halides is 3. The first-order valence-electron chi connectivity index (χ1n) is 8.97. The number of hydrogen-bond donors (Lipinski definition) is 1. The Balaban J connectivity index is 0.00000256. The van der Waals surface area contributed by atoms with Crippen molar-refractivity contribution in [2.24, 2.45) is 0 Å². The first kappa shape index (κ1) is 22.5. The minimum absolute atomic E-state index is 0. The maximum absolute atomic E-state index is 14.3. The number of pyridine rings is 2. The summed E-state index contributed by atoms with van der Waals surface area (Å²) >= 11 is 5.54. The first-order chi connectivity index (χ1) is 13.8. The lowest BCUT2D eigenvalue weighted by atomic mass is 9.88. The molecule has 0 bridgehead atoms. The average molecular weight is 462 g/mol. The maximum atomic E-state index is 14.3. The smallest absolute Gasteiger partial charge is 0.419 e. The molecule has 4 rings (SSSR count). The molecular weight excluding hydrogens is 445 g/mol. The molecule has 1 saturated carbocycles. The summed E-state index contributed by atoms with van der Waals surface area (Å²) in [5.74, 6) is -0.328. The second kappa shape index (κ2) is 8.91. The third-order valence-electron chi connectivity index (χ3n) is 5.03. The molecule has 10 heteroatoms. The van der Waals surface area contributed by atoms with E-state index in [0.29, 0.717) is 12.0 Å². The van der Waals surface area contributed by atoms with Crippen LogP contribution >= 0.6 is 24.0 Å². The van der Waals surface area contributed by atoms with Crippen molar-refractivity contribution in [1.29, 1.82) is 0 Å². The van der Waals surface area contributed by atoms with E-state index in [1.165, 1.54) is 12.3 Å². The van der Waals surface area contributed by atoms with Gasteiger partial charge in [0, 0.05) is 35.9 Å². The van der Waals surface area contributed by atoms with Gasteiger partial charge < -0.3 is 10.1 Å². The van der Waals surface area contributed by atoms with Crippen LogP contribution < -0.4 is 10.1 Å². The number of fused-ring (bicyclic) bond motifs is 1. The zero-order chi connectivity index (χ0) is 20.6. The number of hydrogen-bond acceptors (Lipinski definition) is 4. The molecule has 30 heavy (non-hydrogen) atoms. The predicted molar refractivity (Wildman–Crippen MR) is 107 cm³/mol. The Labute approximate surface area is 181 Å². The molecule has 2 heterocycles. The van der Waals surface area contributed by atoms with E-state index in [9.17, 15) is 17.6 Å². The lowest BCUT2D eigenvalue weighted by molar-refractivity contribution is -0.137. The summed E-state index contributed by atoms with van der Waals surface area (Å²) in [7, 11) is 0. The van der Waals surface area contributed by atoms with Crippen molar-refractivity contribution >= 4 is 34.8 Å². The molecule has 1 fully saturated rings. The van der Waals surface area contributed by atoms with Crippen molar-refractivity contribution < 1.29 is 22.3 Å². The highest BCUT2D eigenvalue weighted by molar-refractivity contribution is 6.30. The Morgan fingerprint density at radius 2 is 1.97 bits per heavy atom. The van der Waals surface area contributed by atoms with Crippen molar-refractivity contribution in [2.45, 2.75) is 37.7 Å². The Kier molecular flexibility index (Phi) is 6.69. The molecule has 2 aromatic heterocycles. The van der Waals surface area contributed by atoms with Crippen LogP contribution in [0.2, 0.25) is 5.15 Å². The van der Waals surface area contributed by atoms with Crippen LogP contribution in [0.3, 0.4) is 0 Å². The fourth-order valence-electron chi connectivity index (χ4n) is 3.33. The van der Waals surface area contributed by atoms with Gasteiger partial charge in [-0.2, -0.15) is 13.2 Å². The van der Waals surface area contributed by atoms with Crippen LogP contribution in [-0.2, 0) is 12.7 Å². The van der Waals surface area contributed by atoms with Crippen LogP contribution in [0.15, 0.2) is 42.9 Å². The van der Waals surface area contributed by atoms with E-state index in [0.717, 1.165) is 23.3 Å². The van der Waals surface area contributed by atoms with Gasteiger partial charge in [0.2, 0.25) is 0 Å². The van der Waals surface area contributed by atoms with Crippen LogP contribution in [0.4, 0.5) is 17.6 Å². The van der Waals surface area contributed by atoms with Crippen molar-refractivity contribution in [3.8, 4) is 5.75 Å². The van der Waals surface area contributed by atoms with Gasteiger partial charge in [-0.25, -0.2) is 9.37 Å². The quantitative estimate of drug-likeness (QED) is 0.398. The maximum Gasteiger partial charge on any atom is 0.419 e. The minimum atomic E-state index is -4.61. The largest absolute Gasteiger partial charge is 0.487 e. The standard InChI is InChI=1S/C20H16ClF4N3O.ClH/c21-19-15(20(23,24)25)7-12(9-28-19)29-18-4-3-17(18)27-10-14-13-5-6-26-8-11(13)1-2-16(14)22;/h1-2,5-9,17-18,27H,3-4,10H2;1H/t17-,18-;/m1./s1. The Hall–Kier alpha value is -2.16. The molecular formula is C20H17Cl2F4N3O. The number of benzene rings is 1. The van der Waals surface area contributed by atoms with Gasteiger partial charge in [-0.1, -0.05) is 11.6 Å². The third kappa shape index (κ3) is 4.61. The number of rotatable bonds is 5. The average Bonchev–Trinajstić information content (AvgIpc) is 2.67. The number of ether oxygens (including phenoxy) is 1. The highest BCUT2D eigenvalue weighted by Crippen LogP contribution is 2.36. The molecule has 0 saturated heterocycles. The van der Waals surface area contributed by atoms with Gasteiger partial charge in [-0.15, -0.1) is 12.4 Å². The Bertz CT molecular complexity index is 1050. The molecule has 160 valence electrons. The van der Waals surface area contributed by atoms with Crippen molar-refractivity contribution in [3.63, 3.8) is 0 Å². The first-order valence-corrected chi connectivity index (χ1v) is 9.34. The number of aromatic nitrogens is 2. The molecule has 0 radical (unpaired) electrons. The molecule has 1 N–H and O–H groups in total. The molecule has 1 aliphatic rings. The highest BCUT2D eigenvalue weighted by Gasteiger charge is 2.36.